The molecule has 0 atom stereocenters. The van der Waals surface area contributed by atoms with Crippen LogP contribution in [0.5, 0.6) is 0 Å². The smallest absolute Gasteiger partial charge is 0.346 e. The van der Waals surface area contributed by atoms with Crippen molar-refractivity contribution in [3.63, 3.8) is 0 Å². The molecule has 2 aromatic carbocycles. The summed E-state index contributed by atoms with van der Waals surface area (Å²) in [6, 6.07) is 15.6. The van der Waals surface area contributed by atoms with E-state index in [1.807, 2.05) is 20.0 Å². The molecule has 0 spiro atoms. The third-order valence-electron chi connectivity index (χ3n) is 5.12. The monoisotopic (exact) mass is 473 g/mol. The second-order valence-electron chi connectivity index (χ2n) is 7.44. The van der Waals surface area contributed by atoms with Gasteiger partial charge in [0.15, 0.2) is 5.69 Å². The molecule has 0 aliphatic heterocycles. The van der Waals surface area contributed by atoms with E-state index in [1.54, 1.807) is 53.2 Å². The molecule has 0 bridgehead atoms. The molecule has 4 aromatic rings. The summed E-state index contributed by atoms with van der Waals surface area (Å²) in [5.74, 6) is -0.319. The molecule has 0 fully saturated rings. The van der Waals surface area contributed by atoms with Gasteiger partial charge in [-0.15, -0.1) is 0 Å². The zero-order chi connectivity index (χ0) is 23.8. The zero-order valence-corrected chi connectivity index (χ0v) is 18.4. The summed E-state index contributed by atoms with van der Waals surface area (Å²) in [6.07, 6.45) is -4.62. The number of hydrogen-bond donors (Lipinski definition) is 1. The number of aromatic nitrogens is 4. The first-order valence-electron chi connectivity index (χ1n) is 9.94. The van der Waals surface area contributed by atoms with Crippen LogP contribution in [-0.4, -0.2) is 25.5 Å². The molecule has 0 aliphatic carbocycles. The first-order chi connectivity index (χ1) is 15.6. The number of nitrogens with one attached hydrogen (secondary N) is 1. The highest BCUT2D eigenvalue weighted by atomic mass is 35.5. The second kappa shape index (κ2) is 8.74. The van der Waals surface area contributed by atoms with E-state index in [-0.39, 0.29) is 23.2 Å². The highest BCUT2D eigenvalue weighted by molar-refractivity contribution is 6.32. The van der Waals surface area contributed by atoms with Crippen LogP contribution in [0.1, 0.15) is 27.4 Å². The van der Waals surface area contributed by atoms with E-state index in [2.05, 4.69) is 15.5 Å². The summed E-state index contributed by atoms with van der Waals surface area (Å²) >= 11 is 6.20. The standard InChI is InChI=1S/C23H19ClF3N5O/c1-14-11-17(29-31(14)2)13-28-22(33)16-9-7-15(8-10-16)20-12-21(23(25,26)27)30-32(20)19-6-4-3-5-18(19)24/h3-12H,13H2,1-2H3,(H,28,33). The fraction of sp³-hybridized carbons (Fsp3) is 0.174. The van der Waals surface area contributed by atoms with E-state index in [4.69, 9.17) is 11.6 Å². The van der Waals surface area contributed by atoms with Gasteiger partial charge < -0.3 is 5.32 Å². The molecular formula is C23H19ClF3N5O. The number of carbonyl (C=O) groups excluding carboxylic acids is 1. The number of halogens is 4. The Balaban J connectivity index is 1.61. The van der Waals surface area contributed by atoms with Gasteiger partial charge in [-0.1, -0.05) is 35.9 Å². The molecule has 0 saturated heterocycles. The van der Waals surface area contributed by atoms with E-state index in [0.717, 1.165) is 22.1 Å². The van der Waals surface area contributed by atoms with Crippen LogP contribution in [0, 0.1) is 6.92 Å². The van der Waals surface area contributed by atoms with Crippen LogP contribution in [0.15, 0.2) is 60.7 Å². The van der Waals surface area contributed by atoms with Crippen LogP contribution in [0.4, 0.5) is 13.2 Å². The lowest BCUT2D eigenvalue weighted by Crippen LogP contribution is -2.23. The second-order valence-corrected chi connectivity index (χ2v) is 7.84. The molecule has 0 radical (unpaired) electrons. The first-order valence-corrected chi connectivity index (χ1v) is 10.3. The van der Waals surface area contributed by atoms with Crippen LogP contribution in [0.3, 0.4) is 0 Å². The third kappa shape index (κ3) is 4.78. The molecule has 2 aromatic heterocycles. The lowest BCUT2D eigenvalue weighted by Gasteiger charge is -2.10. The molecule has 1 amide bonds. The van der Waals surface area contributed by atoms with Crippen molar-refractivity contribution in [3.05, 3.63) is 88.3 Å². The Morgan fingerprint density at radius 3 is 2.36 bits per heavy atom. The van der Waals surface area contributed by atoms with E-state index >= 15 is 0 Å². The average Bonchev–Trinajstić information content (AvgIpc) is 3.36. The molecule has 0 unspecified atom stereocenters. The summed E-state index contributed by atoms with van der Waals surface area (Å²) in [4.78, 5) is 12.5. The molecule has 1 N–H and O–H groups in total. The Hall–Kier alpha value is -3.59. The summed E-state index contributed by atoms with van der Waals surface area (Å²) < 4.78 is 43.0. The van der Waals surface area contributed by atoms with E-state index in [0.29, 0.717) is 16.8 Å². The predicted molar refractivity (Wildman–Crippen MR) is 118 cm³/mol. The largest absolute Gasteiger partial charge is 0.435 e. The number of nitrogens with zero attached hydrogens (tertiary/aromatic N) is 4. The van der Waals surface area contributed by atoms with Gasteiger partial charge >= 0.3 is 6.18 Å². The van der Waals surface area contributed by atoms with Crippen molar-refractivity contribution < 1.29 is 18.0 Å². The third-order valence-corrected chi connectivity index (χ3v) is 5.44. The highest BCUT2D eigenvalue weighted by Crippen LogP contribution is 2.34. The van der Waals surface area contributed by atoms with Gasteiger partial charge in [0.05, 0.1) is 28.6 Å². The van der Waals surface area contributed by atoms with Gasteiger partial charge in [0.1, 0.15) is 0 Å². The number of para-hydroxylation sites is 1. The number of hydrogen-bond acceptors (Lipinski definition) is 3. The van der Waals surface area contributed by atoms with Crippen molar-refractivity contribution in [1.82, 2.24) is 24.9 Å². The lowest BCUT2D eigenvalue weighted by atomic mass is 10.1. The van der Waals surface area contributed by atoms with E-state index in [1.165, 1.54) is 0 Å². The van der Waals surface area contributed by atoms with Crippen LogP contribution >= 0.6 is 11.6 Å². The normalized spacial score (nSPS) is 11.6. The van der Waals surface area contributed by atoms with Crippen molar-refractivity contribution in [2.24, 2.45) is 7.05 Å². The zero-order valence-electron chi connectivity index (χ0n) is 17.7. The fourth-order valence-electron chi connectivity index (χ4n) is 3.32. The number of alkyl halides is 3. The van der Waals surface area contributed by atoms with Crippen LogP contribution in [0.2, 0.25) is 5.02 Å². The number of amides is 1. The van der Waals surface area contributed by atoms with Crippen molar-refractivity contribution in [1.29, 1.82) is 0 Å². The van der Waals surface area contributed by atoms with Crippen molar-refractivity contribution in [3.8, 4) is 16.9 Å². The Bertz CT molecular complexity index is 1290. The van der Waals surface area contributed by atoms with Gasteiger partial charge in [0, 0.05) is 23.9 Å². The number of aryl methyl sites for hydroxylation is 2. The quantitative estimate of drug-likeness (QED) is 0.434. The minimum absolute atomic E-state index is 0.200. The van der Waals surface area contributed by atoms with Crippen LogP contribution in [0.25, 0.3) is 16.9 Å². The van der Waals surface area contributed by atoms with Crippen molar-refractivity contribution >= 4 is 17.5 Å². The lowest BCUT2D eigenvalue weighted by molar-refractivity contribution is -0.141. The maximum Gasteiger partial charge on any atom is 0.435 e. The van der Waals surface area contributed by atoms with Crippen LogP contribution < -0.4 is 5.32 Å². The number of carbonyl (C=O) groups is 1. The minimum Gasteiger partial charge on any atom is -0.346 e. The van der Waals surface area contributed by atoms with E-state index in [9.17, 15) is 18.0 Å². The molecule has 2 heterocycles. The van der Waals surface area contributed by atoms with Gasteiger partial charge in [0.25, 0.3) is 5.91 Å². The molecule has 4 rings (SSSR count). The Kier molecular flexibility index (Phi) is 5.99. The predicted octanol–water partition coefficient (Wildman–Crippen LogP) is 5.18. The van der Waals surface area contributed by atoms with Gasteiger partial charge in [0.2, 0.25) is 0 Å². The molecule has 0 aliphatic rings. The molecule has 170 valence electrons. The summed E-state index contributed by atoms with van der Waals surface area (Å²) in [6.45, 7) is 2.17. The Morgan fingerprint density at radius 2 is 1.76 bits per heavy atom. The first kappa shape index (κ1) is 22.6. The van der Waals surface area contributed by atoms with Crippen molar-refractivity contribution in [2.75, 3.05) is 0 Å². The molecule has 33 heavy (non-hydrogen) atoms. The van der Waals surface area contributed by atoms with Gasteiger partial charge in [-0.05, 0) is 43.3 Å². The maximum atomic E-state index is 13.4. The minimum atomic E-state index is -4.62. The average molecular weight is 474 g/mol. The van der Waals surface area contributed by atoms with Crippen LogP contribution in [-0.2, 0) is 19.8 Å². The summed E-state index contributed by atoms with van der Waals surface area (Å²) in [5.41, 5.74) is 2.00. The molecule has 6 nitrogen and oxygen atoms in total. The fourth-order valence-corrected chi connectivity index (χ4v) is 3.53. The van der Waals surface area contributed by atoms with E-state index < -0.39 is 11.9 Å². The molecular weight excluding hydrogens is 455 g/mol. The van der Waals surface area contributed by atoms with Crippen molar-refractivity contribution in [2.45, 2.75) is 19.6 Å². The number of rotatable bonds is 5. The topological polar surface area (TPSA) is 64.7 Å². The van der Waals surface area contributed by atoms with Gasteiger partial charge in [-0.3, -0.25) is 9.48 Å². The van der Waals surface area contributed by atoms with Gasteiger partial charge in [-0.25, -0.2) is 4.68 Å². The molecule has 10 heteroatoms. The highest BCUT2D eigenvalue weighted by Gasteiger charge is 2.35. The molecule has 0 saturated carbocycles. The van der Waals surface area contributed by atoms with Gasteiger partial charge in [-0.2, -0.15) is 23.4 Å². The summed E-state index contributed by atoms with van der Waals surface area (Å²) in [5, 5.41) is 11.1. The maximum absolute atomic E-state index is 13.4. The summed E-state index contributed by atoms with van der Waals surface area (Å²) in [7, 11) is 1.82. The SMILES string of the molecule is Cc1cc(CNC(=O)c2ccc(-c3cc(C(F)(F)F)nn3-c3ccccc3Cl)cc2)nn1C. The Labute approximate surface area is 192 Å². The Morgan fingerprint density at radius 1 is 1.06 bits per heavy atom. The number of benzene rings is 2.